The van der Waals surface area contributed by atoms with E-state index in [1.165, 1.54) is 17.7 Å². The Morgan fingerprint density at radius 2 is 1.92 bits per heavy atom. The Morgan fingerprint density at radius 3 is 2.65 bits per heavy atom. The van der Waals surface area contributed by atoms with Crippen LogP contribution in [0.25, 0.3) is 0 Å². The minimum Gasteiger partial charge on any atom is -0.409 e. The van der Waals surface area contributed by atoms with Gasteiger partial charge in [0, 0.05) is 37.8 Å². The lowest BCUT2D eigenvalue weighted by atomic mass is 9.81. The van der Waals surface area contributed by atoms with E-state index in [9.17, 15) is 4.79 Å². The molecule has 6 heteroatoms. The van der Waals surface area contributed by atoms with E-state index < -0.39 is 0 Å². The summed E-state index contributed by atoms with van der Waals surface area (Å²) >= 11 is 0. The number of nitrogens with one attached hydrogen (secondary N) is 1. The molecule has 0 aliphatic carbocycles. The highest BCUT2D eigenvalue weighted by molar-refractivity contribution is 5.74. The summed E-state index contributed by atoms with van der Waals surface area (Å²) in [7, 11) is 4.37. The first-order valence-electron chi connectivity index (χ1n) is 9.72. The van der Waals surface area contributed by atoms with Crippen molar-refractivity contribution in [3.8, 4) is 5.75 Å². The molecule has 2 atom stereocenters. The van der Waals surface area contributed by atoms with Gasteiger partial charge in [-0.2, -0.15) is 0 Å². The summed E-state index contributed by atoms with van der Waals surface area (Å²) in [6.07, 6.45) is 4.58. The number of amides is 1. The number of likely N-dealkylation sites (N-methyl/N-ethyl adjacent to an activating group) is 2. The zero-order valence-electron chi connectivity index (χ0n) is 16.3. The number of nitrogens with zero attached hydrogens (tertiary/aromatic N) is 3. The highest BCUT2D eigenvalue weighted by atomic mass is 16.6. The number of carbonyl (C=O) groups is 1. The Balaban J connectivity index is 1.56. The summed E-state index contributed by atoms with van der Waals surface area (Å²) < 4.78 is 5.65. The largest absolute Gasteiger partial charge is 0.427 e. The van der Waals surface area contributed by atoms with E-state index in [2.05, 4.69) is 49.2 Å². The Morgan fingerprint density at radius 1 is 1.19 bits per heavy atom. The van der Waals surface area contributed by atoms with Gasteiger partial charge in [0.25, 0.3) is 0 Å². The highest BCUT2D eigenvalue weighted by Gasteiger charge is 2.52. The summed E-state index contributed by atoms with van der Waals surface area (Å²) in [5.74, 6) is 0.639. The maximum Gasteiger partial charge on any atom is 0.427 e. The number of hydrazine groups is 1. The lowest BCUT2D eigenvalue weighted by molar-refractivity contribution is 0.129. The number of ether oxygens (including phenoxy) is 1. The van der Waals surface area contributed by atoms with Gasteiger partial charge in [-0.05, 0) is 56.5 Å². The van der Waals surface area contributed by atoms with E-state index in [-0.39, 0.29) is 11.5 Å². The number of likely N-dealkylation sites (tertiary alicyclic amines) is 1. The van der Waals surface area contributed by atoms with Crippen molar-refractivity contribution in [2.24, 2.45) is 0 Å². The molecule has 26 heavy (non-hydrogen) atoms. The fraction of sp³-hybridized carbons (Fsp3) is 0.650. The van der Waals surface area contributed by atoms with Gasteiger partial charge in [0.05, 0.1) is 6.17 Å². The van der Waals surface area contributed by atoms with Gasteiger partial charge in [-0.25, -0.2) is 9.80 Å². The van der Waals surface area contributed by atoms with Crippen molar-refractivity contribution in [3.63, 3.8) is 0 Å². The Labute approximate surface area is 156 Å². The van der Waals surface area contributed by atoms with Gasteiger partial charge >= 0.3 is 6.09 Å². The number of anilines is 1. The van der Waals surface area contributed by atoms with Crippen LogP contribution in [0.4, 0.5) is 10.5 Å². The van der Waals surface area contributed by atoms with E-state index in [4.69, 9.17) is 4.74 Å². The van der Waals surface area contributed by atoms with Crippen LogP contribution in [0.2, 0.25) is 0 Å². The maximum absolute atomic E-state index is 12.3. The van der Waals surface area contributed by atoms with Crippen LogP contribution in [0.1, 0.15) is 43.7 Å². The van der Waals surface area contributed by atoms with Crippen LogP contribution < -0.4 is 15.1 Å². The van der Waals surface area contributed by atoms with Gasteiger partial charge in [-0.1, -0.05) is 13.3 Å². The Hall–Kier alpha value is -1.79. The second-order valence-electron chi connectivity index (χ2n) is 8.32. The van der Waals surface area contributed by atoms with E-state index in [1.807, 2.05) is 11.1 Å². The van der Waals surface area contributed by atoms with E-state index >= 15 is 0 Å². The predicted octanol–water partition coefficient (Wildman–Crippen LogP) is 2.85. The fourth-order valence-corrected chi connectivity index (χ4v) is 5.24. The van der Waals surface area contributed by atoms with Crippen molar-refractivity contribution >= 4 is 11.8 Å². The standard InChI is InChI=1S/C20H30N4O2/c1-14-12-15(26-19(25)21-24-9-6-5-7-10-24)13-16-17(14)23(4)18-20(16,2)8-11-22(18)3/h12-13,18H,5-11H2,1-4H3,(H,21,25)/t18?,20-/m0/s1. The third-order valence-electron chi connectivity index (χ3n) is 6.40. The molecule has 3 heterocycles. The molecule has 1 aromatic rings. The zero-order chi connectivity index (χ0) is 18.5. The monoisotopic (exact) mass is 358 g/mol. The second-order valence-corrected chi connectivity index (χ2v) is 8.32. The summed E-state index contributed by atoms with van der Waals surface area (Å²) in [5.41, 5.74) is 6.70. The smallest absolute Gasteiger partial charge is 0.409 e. The number of fused-ring (bicyclic) bond motifs is 3. The number of piperidine rings is 1. The van der Waals surface area contributed by atoms with Crippen LogP contribution in [0, 0.1) is 6.92 Å². The molecule has 2 fully saturated rings. The van der Waals surface area contributed by atoms with Gasteiger partial charge in [-0.3, -0.25) is 10.3 Å². The number of aryl methyl sites for hydroxylation is 1. The third kappa shape index (κ3) is 2.76. The van der Waals surface area contributed by atoms with Crippen LogP contribution in [0.3, 0.4) is 0 Å². The van der Waals surface area contributed by atoms with Crippen LogP contribution in [-0.2, 0) is 5.41 Å². The quantitative estimate of drug-likeness (QED) is 0.881. The zero-order valence-corrected chi connectivity index (χ0v) is 16.3. The second kappa shape index (κ2) is 6.43. The molecule has 0 radical (unpaired) electrons. The van der Waals surface area contributed by atoms with E-state index in [0.717, 1.165) is 44.5 Å². The lowest BCUT2D eigenvalue weighted by Crippen LogP contribution is -2.46. The van der Waals surface area contributed by atoms with Gasteiger partial charge in [-0.15, -0.1) is 0 Å². The molecular formula is C20H30N4O2. The number of hydrogen-bond donors (Lipinski definition) is 1. The molecule has 2 saturated heterocycles. The number of rotatable bonds is 2. The van der Waals surface area contributed by atoms with E-state index in [1.54, 1.807) is 0 Å². The molecule has 142 valence electrons. The van der Waals surface area contributed by atoms with Gasteiger partial charge in [0.1, 0.15) is 5.75 Å². The summed E-state index contributed by atoms with van der Waals surface area (Å²) in [4.78, 5) is 17.1. The Kier molecular flexibility index (Phi) is 4.35. The average Bonchev–Trinajstić information content (AvgIpc) is 3.01. The minimum atomic E-state index is -0.386. The van der Waals surface area contributed by atoms with Crippen LogP contribution in [-0.4, -0.2) is 55.9 Å². The SMILES string of the molecule is Cc1cc(OC(=O)NN2CCCCC2)cc2c1N(C)C1N(C)CC[C@@]21C. The van der Waals surface area contributed by atoms with Crippen molar-refractivity contribution in [2.45, 2.75) is 51.1 Å². The maximum atomic E-state index is 12.3. The summed E-state index contributed by atoms with van der Waals surface area (Å²) in [5, 5.41) is 1.96. The molecule has 1 amide bonds. The average molecular weight is 358 g/mol. The molecule has 1 N–H and O–H groups in total. The van der Waals surface area contributed by atoms with Gasteiger partial charge < -0.3 is 9.64 Å². The highest BCUT2D eigenvalue weighted by Crippen LogP contribution is 2.53. The first-order chi connectivity index (χ1) is 12.4. The molecule has 3 aliphatic heterocycles. The number of hydrogen-bond acceptors (Lipinski definition) is 5. The molecule has 1 unspecified atom stereocenters. The summed E-state index contributed by atoms with van der Waals surface area (Å²) in [6, 6.07) is 4.06. The molecule has 4 rings (SSSR count). The first-order valence-corrected chi connectivity index (χ1v) is 9.72. The van der Waals surface area contributed by atoms with E-state index in [0.29, 0.717) is 11.9 Å². The minimum absolute atomic E-state index is 0.0757. The topological polar surface area (TPSA) is 48.1 Å². The van der Waals surface area contributed by atoms with Crippen molar-refractivity contribution in [1.29, 1.82) is 0 Å². The first kappa shape index (κ1) is 17.6. The van der Waals surface area contributed by atoms with Crippen LogP contribution in [0.5, 0.6) is 5.75 Å². The van der Waals surface area contributed by atoms with Crippen LogP contribution >= 0.6 is 0 Å². The third-order valence-corrected chi connectivity index (χ3v) is 6.40. The normalized spacial score (nSPS) is 28.8. The van der Waals surface area contributed by atoms with Crippen molar-refractivity contribution in [3.05, 3.63) is 23.3 Å². The molecule has 1 aromatic carbocycles. The van der Waals surface area contributed by atoms with Gasteiger partial charge in [0.2, 0.25) is 0 Å². The number of carbonyl (C=O) groups excluding carboxylic acids is 1. The van der Waals surface area contributed by atoms with Crippen molar-refractivity contribution in [1.82, 2.24) is 15.3 Å². The molecule has 0 aromatic heterocycles. The van der Waals surface area contributed by atoms with Crippen molar-refractivity contribution in [2.75, 3.05) is 38.6 Å². The predicted molar refractivity (Wildman–Crippen MR) is 103 cm³/mol. The van der Waals surface area contributed by atoms with Gasteiger partial charge in [0.15, 0.2) is 0 Å². The molecular weight excluding hydrogens is 328 g/mol. The molecule has 3 aliphatic rings. The Bertz CT molecular complexity index is 716. The summed E-state index contributed by atoms with van der Waals surface area (Å²) in [6.45, 7) is 7.32. The fourth-order valence-electron chi connectivity index (χ4n) is 5.24. The van der Waals surface area contributed by atoms with Crippen molar-refractivity contribution < 1.29 is 9.53 Å². The molecule has 0 spiro atoms. The number of benzene rings is 1. The molecule has 0 saturated carbocycles. The van der Waals surface area contributed by atoms with Crippen LogP contribution in [0.15, 0.2) is 12.1 Å². The molecule has 6 nitrogen and oxygen atoms in total. The molecule has 0 bridgehead atoms. The lowest BCUT2D eigenvalue weighted by Gasteiger charge is -2.32.